The summed E-state index contributed by atoms with van der Waals surface area (Å²) in [5.41, 5.74) is 2.27. The van der Waals surface area contributed by atoms with Gasteiger partial charge < -0.3 is 5.11 Å². The zero-order valence-corrected chi connectivity index (χ0v) is 12.6. The SMILES string of the molecule is CS(=O)(=O)C1CCCC(C2Cc3ccccc3C2O)C1. The second-order valence-corrected chi connectivity index (χ2v) is 8.72. The number of hydrogen-bond acceptors (Lipinski definition) is 3. The highest BCUT2D eigenvalue weighted by atomic mass is 32.2. The first-order valence-electron chi connectivity index (χ1n) is 7.41. The lowest BCUT2D eigenvalue weighted by Crippen LogP contribution is -2.32. The van der Waals surface area contributed by atoms with E-state index in [9.17, 15) is 13.5 Å². The Kier molecular flexibility index (Phi) is 3.63. The summed E-state index contributed by atoms with van der Waals surface area (Å²) >= 11 is 0. The molecule has 0 amide bonds. The van der Waals surface area contributed by atoms with Gasteiger partial charge in [-0.25, -0.2) is 8.42 Å². The highest BCUT2D eigenvalue weighted by Gasteiger charge is 2.40. The molecule has 1 N–H and O–H groups in total. The normalized spacial score (nSPS) is 33.9. The van der Waals surface area contributed by atoms with Crippen LogP contribution in [0.2, 0.25) is 0 Å². The molecule has 1 fully saturated rings. The molecule has 3 nitrogen and oxygen atoms in total. The van der Waals surface area contributed by atoms with Crippen molar-refractivity contribution in [1.29, 1.82) is 0 Å². The summed E-state index contributed by atoms with van der Waals surface area (Å²) in [6.45, 7) is 0. The molecule has 3 rings (SSSR count). The third-order valence-electron chi connectivity index (χ3n) is 5.11. The summed E-state index contributed by atoms with van der Waals surface area (Å²) in [4.78, 5) is 0. The molecule has 0 heterocycles. The fraction of sp³-hybridized carbons (Fsp3) is 0.625. The van der Waals surface area contributed by atoms with Crippen LogP contribution in [-0.2, 0) is 16.3 Å². The molecule has 2 aliphatic rings. The van der Waals surface area contributed by atoms with Crippen molar-refractivity contribution in [1.82, 2.24) is 0 Å². The molecule has 1 aromatic carbocycles. The quantitative estimate of drug-likeness (QED) is 0.912. The first kappa shape index (κ1) is 14.1. The van der Waals surface area contributed by atoms with Crippen molar-refractivity contribution in [3.05, 3.63) is 35.4 Å². The summed E-state index contributed by atoms with van der Waals surface area (Å²) in [6.07, 6.45) is 5.32. The lowest BCUT2D eigenvalue weighted by atomic mass is 9.77. The van der Waals surface area contributed by atoms with Crippen LogP contribution in [0.4, 0.5) is 0 Å². The van der Waals surface area contributed by atoms with Crippen LogP contribution in [0.5, 0.6) is 0 Å². The van der Waals surface area contributed by atoms with Crippen molar-refractivity contribution in [2.45, 2.75) is 43.5 Å². The largest absolute Gasteiger partial charge is 0.388 e. The van der Waals surface area contributed by atoms with Crippen molar-refractivity contribution in [2.24, 2.45) is 11.8 Å². The number of fused-ring (bicyclic) bond motifs is 1. The Balaban J connectivity index is 1.78. The lowest BCUT2D eigenvalue weighted by Gasteiger charge is -2.33. The molecule has 0 spiro atoms. The van der Waals surface area contributed by atoms with Crippen LogP contribution >= 0.6 is 0 Å². The van der Waals surface area contributed by atoms with E-state index in [1.54, 1.807) is 0 Å². The Bertz CT molecular complexity index is 593. The Hall–Kier alpha value is -0.870. The van der Waals surface area contributed by atoms with Crippen LogP contribution in [0.3, 0.4) is 0 Å². The van der Waals surface area contributed by atoms with E-state index in [1.165, 1.54) is 11.8 Å². The molecule has 4 heteroatoms. The Morgan fingerprint density at radius 1 is 1.20 bits per heavy atom. The molecule has 0 aliphatic heterocycles. The molecule has 0 aromatic heterocycles. The number of aliphatic hydroxyl groups excluding tert-OH is 1. The van der Waals surface area contributed by atoms with Crippen molar-refractivity contribution in [2.75, 3.05) is 6.26 Å². The molecule has 0 saturated heterocycles. The number of hydrogen-bond donors (Lipinski definition) is 1. The number of aliphatic hydroxyl groups is 1. The van der Waals surface area contributed by atoms with Crippen LogP contribution in [-0.4, -0.2) is 25.0 Å². The molecule has 1 aromatic rings. The van der Waals surface area contributed by atoms with Gasteiger partial charge in [0.25, 0.3) is 0 Å². The highest BCUT2D eigenvalue weighted by molar-refractivity contribution is 7.91. The van der Waals surface area contributed by atoms with Crippen LogP contribution in [0.15, 0.2) is 24.3 Å². The van der Waals surface area contributed by atoms with Crippen molar-refractivity contribution < 1.29 is 13.5 Å². The van der Waals surface area contributed by atoms with Gasteiger partial charge >= 0.3 is 0 Å². The maximum absolute atomic E-state index is 11.8. The molecule has 20 heavy (non-hydrogen) atoms. The second-order valence-electron chi connectivity index (χ2n) is 6.39. The predicted octanol–water partition coefficient (Wildman–Crippen LogP) is 2.50. The summed E-state index contributed by atoms with van der Waals surface area (Å²) in [6, 6.07) is 8.05. The van der Waals surface area contributed by atoms with Gasteiger partial charge in [-0.1, -0.05) is 30.7 Å². The molecule has 4 atom stereocenters. The Morgan fingerprint density at radius 2 is 1.95 bits per heavy atom. The first-order chi connectivity index (χ1) is 9.47. The van der Waals surface area contributed by atoms with Crippen LogP contribution in [0.1, 0.15) is 42.9 Å². The molecule has 2 aliphatic carbocycles. The van der Waals surface area contributed by atoms with Crippen LogP contribution in [0, 0.1) is 11.8 Å². The second kappa shape index (κ2) is 5.15. The number of benzene rings is 1. The smallest absolute Gasteiger partial charge is 0.150 e. The van der Waals surface area contributed by atoms with Gasteiger partial charge in [-0.05, 0) is 48.6 Å². The summed E-state index contributed by atoms with van der Waals surface area (Å²) in [7, 11) is -2.95. The van der Waals surface area contributed by atoms with E-state index in [2.05, 4.69) is 6.07 Å². The monoisotopic (exact) mass is 294 g/mol. The minimum Gasteiger partial charge on any atom is -0.388 e. The molecule has 0 radical (unpaired) electrons. The third kappa shape index (κ3) is 2.51. The van der Waals surface area contributed by atoms with Crippen molar-refractivity contribution in [3.8, 4) is 0 Å². The van der Waals surface area contributed by atoms with Crippen molar-refractivity contribution in [3.63, 3.8) is 0 Å². The standard InChI is InChI=1S/C16H22O3S/c1-20(18,19)13-7-4-6-11(9-13)15-10-12-5-2-3-8-14(12)16(15)17/h2-3,5,8,11,13,15-17H,4,6-7,9-10H2,1H3. The third-order valence-corrected chi connectivity index (χ3v) is 6.75. The fourth-order valence-electron chi connectivity index (χ4n) is 3.99. The summed E-state index contributed by atoms with van der Waals surface area (Å²) < 4.78 is 23.6. The molecule has 1 saturated carbocycles. The number of sulfone groups is 1. The average molecular weight is 294 g/mol. The zero-order valence-electron chi connectivity index (χ0n) is 11.8. The van der Waals surface area contributed by atoms with E-state index in [1.807, 2.05) is 18.2 Å². The van der Waals surface area contributed by atoms with E-state index < -0.39 is 15.9 Å². The van der Waals surface area contributed by atoms with E-state index in [0.717, 1.165) is 31.2 Å². The lowest BCUT2D eigenvalue weighted by molar-refractivity contribution is 0.0726. The molecule has 4 unspecified atom stereocenters. The predicted molar refractivity (Wildman–Crippen MR) is 79.2 cm³/mol. The van der Waals surface area contributed by atoms with Gasteiger partial charge in [-0.15, -0.1) is 0 Å². The minimum absolute atomic E-state index is 0.192. The average Bonchev–Trinajstić information content (AvgIpc) is 2.76. The minimum atomic E-state index is -2.95. The van der Waals surface area contributed by atoms with E-state index in [0.29, 0.717) is 12.3 Å². The summed E-state index contributed by atoms with van der Waals surface area (Å²) in [5.74, 6) is 0.517. The van der Waals surface area contributed by atoms with Gasteiger partial charge in [0, 0.05) is 6.26 Å². The van der Waals surface area contributed by atoms with Gasteiger partial charge in [0.2, 0.25) is 0 Å². The zero-order chi connectivity index (χ0) is 14.3. The van der Waals surface area contributed by atoms with Crippen LogP contribution in [0.25, 0.3) is 0 Å². The molecule has 110 valence electrons. The molecular formula is C16H22O3S. The Morgan fingerprint density at radius 3 is 2.65 bits per heavy atom. The van der Waals surface area contributed by atoms with Gasteiger partial charge in [-0.2, -0.15) is 0 Å². The molecule has 0 bridgehead atoms. The molecular weight excluding hydrogens is 272 g/mol. The van der Waals surface area contributed by atoms with E-state index in [-0.39, 0.29) is 11.2 Å². The van der Waals surface area contributed by atoms with Crippen LogP contribution < -0.4 is 0 Å². The maximum Gasteiger partial charge on any atom is 0.150 e. The fourth-order valence-corrected chi connectivity index (χ4v) is 5.18. The van der Waals surface area contributed by atoms with Gasteiger partial charge in [-0.3, -0.25) is 0 Å². The van der Waals surface area contributed by atoms with Gasteiger partial charge in [0.05, 0.1) is 11.4 Å². The first-order valence-corrected chi connectivity index (χ1v) is 9.37. The maximum atomic E-state index is 11.8. The van der Waals surface area contributed by atoms with E-state index >= 15 is 0 Å². The highest BCUT2D eigenvalue weighted by Crippen LogP contribution is 2.45. The van der Waals surface area contributed by atoms with Crippen molar-refractivity contribution >= 4 is 9.84 Å². The number of rotatable bonds is 2. The van der Waals surface area contributed by atoms with Gasteiger partial charge in [0.15, 0.2) is 0 Å². The van der Waals surface area contributed by atoms with E-state index in [4.69, 9.17) is 0 Å². The Labute approximate surface area is 120 Å². The topological polar surface area (TPSA) is 54.4 Å². The summed E-state index contributed by atoms with van der Waals surface area (Å²) in [5, 5.41) is 10.3. The van der Waals surface area contributed by atoms with Gasteiger partial charge in [0.1, 0.15) is 9.84 Å².